The number of pyridine rings is 1. The van der Waals surface area contributed by atoms with Gasteiger partial charge >= 0.3 is 0 Å². The van der Waals surface area contributed by atoms with Crippen LogP contribution in [0.3, 0.4) is 0 Å². The largest absolute Gasteiger partial charge is 0.246 e. The molecule has 0 atom stereocenters. The second-order valence-electron chi connectivity index (χ2n) is 1.70. The fourth-order valence-electron chi connectivity index (χ4n) is 0.513. The first kappa shape index (κ1) is 7.47. The van der Waals surface area contributed by atoms with Crippen LogP contribution in [0.2, 0.25) is 0 Å². The maximum Gasteiger partial charge on any atom is 0.101 e. The number of hydrogen-bond donors (Lipinski definition) is 0. The van der Waals surface area contributed by atoms with Crippen LogP contribution in [0.4, 0.5) is 0 Å². The molecule has 1 nitrogen and oxygen atoms in total. The predicted molar refractivity (Wildman–Crippen MR) is 49.4 cm³/mol. The lowest BCUT2D eigenvalue weighted by Crippen LogP contribution is -1.84. The number of aromatic nitrogens is 1. The van der Waals surface area contributed by atoms with E-state index in [1.807, 2.05) is 19.1 Å². The summed E-state index contributed by atoms with van der Waals surface area (Å²) in [6, 6.07) is 3.97. The van der Waals surface area contributed by atoms with Crippen LogP contribution in [-0.4, -0.2) is 4.98 Å². The van der Waals surface area contributed by atoms with Crippen LogP contribution in [0, 0.1) is 10.6 Å². The fourth-order valence-corrected chi connectivity index (χ4v) is 1.28. The maximum atomic E-state index is 4.21. The van der Waals surface area contributed by atoms with E-state index < -0.39 is 0 Å². The lowest BCUT2D eigenvalue weighted by atomic mass is 10.4. The van der Waals surface area contributed by atoms with E-state index in [0.717, 1.165) is 13.9 Å². The van der Waals surface area contributed by atoms with Crippen LogP contribution in [-0.2, 0) is 0 Å². The number of rotatable bonds is 0. The zero-order valence-corrected chi connectivity index (χ0v) is 8.60. The fraction of sp³-hybridized carbons (Fsp3) is 0.167. The molecule has 0 unspecified atom stereocenters. The third-order valence-corrected chi connectivity index (χ3v) is 2.43. The standard InChI is InChI=1S/C6H5BrIN/c1-4-5(7)2-3-6(8)9-4/h2-3H,1H3. The topological polar surface area (TPSA) is 12.9 Å². The molecule has 0 spiro atoms. The summed E-state index contributed by atoms with van der Waals surface area (Å²) < 4.78 is 2.11. The van der Waals surface area contributed by atoms with E-state index in [4.69, 9.17) is 0 Å². The Kier molecular flexibility index (Phi) is 2.46. The molecule has 0 N–H and O–H groups in total. The second-order valence-corrected chi connectivity index (χ2v) is 3.66. The summed E-state index contributed by atoms with van der Waals surface area (Å²) in [5.41, 5.74) is 1.04. The number of hydrogen-bond acceptors (Lipinski definition) is 1. The zero-order valence-electron chi connectivity index (χ0n) is 4.86. The van der Waals surface area contributed by atoms with Crippen molar-refractivity contribution in [2.45, 2.75) is 6.92 Å². The monoisotopic (exact) mass is 297 g/mol. The Morgan fingerprint density at radius 2 is 2.22 bits per heavy atom. The van der Waals surface area contributed by atoms with Crippen LogP contribution in [0.15, 0.2) is 16.6 Å². The molecule has 0 amide bonds. The van der Waals surface area contributed by atoms with Crippen LogP contribution in [0.25, 0.3) is 0 Å². The zero-order chi connectivity index (χ0) is 6.85. The van der Waals surface area contributed by atoms with Gasteiger partial charge in [0, 0.05) is 4.47 Å². The Morgan fingerprint density at radius 3 is 2.67 bits per heavy atom. The van der Waals surface area contributed by atoms with Crippen molar-refractivity contribution in [2.75, 3.05) is 0 Å². The van der Waals surface area contributed by atoms with Gasteiger partial charge in [0.15, 0.2) is 0 Å². The van der Waals surface area contributed by atoms with Gasteiger partial charge in [0.25, 0.3) is 0 Å². The molecule has 1 heterocycles. The number of halogens is 2. The van der Waals surface area contributed by atoms with Gasteiger partial charge in [-0.3, -0.25) is 0 Å². The molecule has 0 aliphatic rings. The van der Waals surface area contributed by atoms with Crippen molar-refractivity contribution in [1.29, 1.82) is 0 Å². The average molecular weight is 298 g/mol. The minimum absolute atomic E-state index is 1.04. The normalized spacial score (nSPS) is 9.67. The predicted octanol–water partition coefficient (Wildman–Crippen LogP) is 2.76. The van der Waals surface area contributed by atoms with Gasteiger partial charge in [-0.15, -0.1) is 0 Å². The molecule has 0 saturated heterocycles. The Hall–Kier alpha value is 0.360. The van der Waals surface area contributed by atoms with Crippen molar-refractivity contribution in [3.63, 3.8) is 0 Å². The molecule has 0 saturated carbocycles. The van der Waals surface area contributed by atoms with Gasteiger partial charge in [0.1, 0.15) is 3.70 Å². The van der Waals surface area contributed by atoms with Crippen molar-refractivity contribution in [3.8, 4) is 0 Å². The highest BCUT2D eigenvalue weighted by Crippen LogP contribution is 2.14. The van der Waals surface area contributed by atoms with E-state index in [1.54, 1.807) is 0 Å². The molecule has 9 heavy (non-hydrogen) atoms. The molecule has 0 radical (unpaired) electrons. The van der Waals surface area contributed by atoms with Gasteiger partial charge in [-0.1, -0.05) is 0 Å². The van der Waals surface area contributed by atoms with E-state index in [0.29, 0.717) is 0 Å². The molecule has 0 fully saturated rings. The van der Waals surface area contributed by atoms with E-state index >= 15 is 0 Å². The van der Waals surface area contributed by atoms with E-state index in [1.165, 1.54) is 0 Å². The molecule has 0 bridgehead atoms. The smallest absolute Gasteiger partial charge is 0.101 e. The van der Waals surface area contributed by atoms with Crippen LogP contribution < -0.4 is 0 Å². The van der Waals surface area contributed by atoms with Crippen LogP contribution in [0.1, 0.15) is 5.69 Å². The van der Waals surface area contributed by atoms with Crippen molar-refractivity contribution >= 4 is 38.5 Å². The molecule has 0 aliphatic heterocycles. The highest BCUT2D eigenvalue weighted by molar-refractivity contribution is 14.1. The molecule has 1 rings (SSSR count). The van der Waals surface area contributed by atoms with Crippen LogP contribution in [0.5, 0.6) is 0 Å². The quantitative estimate of drug-likeness (QED) is 0.530. The van der Waals surface area contributed by atoms with Gasteiger partial charge in [-0.25, -0.2) is 4.98 Å². The molecule has 48 valence electrons. The first-order valence-corrected chi connectivity index (χ1v) is 4.36. The Morgan fingerprint density at radius 1 is 1.56 bits per heavy atom. The SMILES string of the molecule is Cc1nc(I)ccc1Br. The number of aryl methyl sites for hydroxylation is 1. The van der Waals surface area contributed by atoms with E-state index in [-0.39, 0.29) is 0 Å². The molecule has 3 heteroatoms. The summed E-state index contributed by atoms with van der Waals surface area (Å²) in [6.45, 7) is 1.98. The van der Waals surface area contributed by atoms with Gasteiger partial charge in [-0.2, -0.15) is 0 Å². The minimum atomic E-state index is 1.04. The van der Waals surface area contributed by atoms with Crippen LogP contribution >= 0.6 is 38.5 Å². The summed E-state index contributed by atoms with van der Waals surface area (Å²) in [5, 5.41) is 0. The third-order valence-electron chi connectivity index (χ3n) is 0.987. The summed E-state index contributed by atoms with van der Waals surface area (Å²) in [5.74, 6) is 0. The van der Waals surface area contributed by atoms with E-state index in [9.17, 15) is 0 Å². The van der Waals surface area contributed by atoms with E-state index in [2.05, 4.69) is 43.5 Å². The van der Waals surface area contributed by atoms with Crippen molar-refractivity contribution < 1.29 is 0 Å². The van der Waals surface area contributed by atoms with Gasteiger partial charge in [0.05, 0.1) is 5.69 Å². The Bertz CT molecular complexity index is 224. The summed E-state index contributed by atoms with van der Waals surface area (Å²) in [7, 11) is 0. The van der Waals surface area contributed by atoms with Crippen molar-refractivity contribution in [3.05, 3.63) is 26.0 Å². The van der Waals surface area contributed by atoms with Gasteiger partial charge < -0.3 is 0 Å². The first-order valence-electron chi connectivity index (χ1n) is 2.49. The van der Waals surface area contributed by atoms with Gasteiger partial charge in [-0.05, 0) is 57.6 Å². The third kappa shape index (κ3) is 1.89. The lowest BCUT2D eigenvalue weighted by Gasteiger charge is -1.94. The maximum absolute atomic E-state index is 4.21. The van der Waals surface area contributed by atoms with Crippen molar-refractivity contribution in [1.82, 2.24) is 4.98 Å². The lowest BCUT2D eigenvalue weighted by molar-refractivity contribution is 1.15. The molecule has 0 aromatic carbocycles. The Balaban J connectivity index is 3.17. The number of nitrogens with zero attached hydrogens (tertiary/aromatic N) is 1. The summed E-state index contributed by atoms with van der Waals surface area (Å²) in [6.07, 6.45) is 0. The summed E-state index contributed by atoms with van der Waals surface area (Å²) in [4.78, 5) is 4.21. The summed E-state index contributed by atoms with van der Waals surface area (Å²) >= 11 is 5.55. The first-order chi connectivity index (χ1) is 4.20. The molecular formula is C6H5BrIN. The van der Waals surface area contributed by atoms with Crippen molar-refractivity contribution in [2.24, 2.45) is 0 Å². The molecular weight excluding hydrogens is 293 g/mol. The minimum Gasteiger partial charge on any atom is -0.246 e. The average Bonchev–Trinajstić information content (AvgIpc) is 1.80. The molecule has 0 aliphatic carbocycles. The van der Waals surface area contributed by atoms with Gasteiger partial charge in [0.2, 0.25) is 0 Å². The second kappa shape index (κ2) is 2.96. The Labute approximate surface area is 76.1 Å². The molecule has 1 aromatic rings. The highest BCUT2D eigenvalue weighted by atomic mass is 127. The molecule has 1 aromatic heterocycles. The highest BCUT2D eigenvalue weighted by Gasteiger charge is 1.93.